The molecule has 13 heteroatoms. The lowest BCUT2D eigenvalue weighted by molar-refractivity contribution is -0.298. The van der Waals surface area contributed by atoms with Crippen molar-refractivity contribution in [1.29, 1.82) is 0 Å². The van der Waals surface area contributed by atoms with Gasteiger partial charge >= 0.3 is 18.1 Å². The van der Waals surface area contributed by atoms with Crippen LogP contribution in [-0.4, -0.2) is 110 Å². The highest BCUT2D eigenvalue weighted by Crippen LogP contribution is 2.42. The molecule has 0 bridgehead atoms. The zero-order valence-corrected chi connectivity index (χ0v) is 29.3. The Kier molecular flexibility index (Phi) is 12.1. The number of carbonyl (C=O) groups excluding carboxylic acids is 5. The minimum Gasteiger partial charge on any atom is -0.457 e. The number of esters is 2. The first-order valence-electron chi connectivity index (χ1n) is 16.2. The van der Waals surface area contributed by atoms with Gasteiger partial charge in [0.05, 0.1) is 29.8 Å². The first kappa shape index (κ1) is 37.8. The number of Topliss-reactive ketones (excluding diaryl/α,β-unsaturated/α-hetero) is 2. The molecular weight excluding hydrogens is 602 g/mol. The number of cyclic esters (lactones) is 1. The number of rotatable bonds is 6. The summed E-state index contributed by atoms with van der Waals surface area (Å²) in [6, 6.07) is -0.261. The van der Waals surface area contributed by atoms with Crippen LogP contribution >= 0.6 is 0 Å². The molecule has 3 fully saturated rings. The summed E-state index contributed by atoms with van der Waals surface area (Å²) in [5.74, 6) is -5.77. The lowest BCUT2D eigenvalue weighted by Gasteiger charge is -2.47. The van der Waals surface area contributed by atoms with Crippen molar-refractivity contribution in [2.45, 2.75) is 136 Å². The number of carbonyl (C=O) groups is 5. The van der Waals surface area contributed by atoms with Gasteiger partial charge in [0.2, 0.25) is 0 Å². The van der Waals surface area contributed by atoms with Crippen molar-refractivity contribution in [3.63, 3.8) is 0 Å². The molecule has 0 aromatic rings. The smallest absolute Gasteiger partial charge is 0.457 e. The molecule has 3 saturated heterocycles. The second-order valence-electron chi connectivity index (χ2n) is 13.8. The summed E-state index contributed by atoms with van der Waals surface area (Å²) in [6.45, 7) is 14.7. The van der Waals surface area contributed by atoms with Crippen LogP contribution in [0.2, 0.25) is 0 Å². The van der Waals surface area contributed by atoms with E-state index in [4.69, 9.17) is 33.2 Å². The number of fused-ring (bicyclic) bond motifs is 1. The molecule has 3 heterocycles. The number of likely N-dealkylation sites (N-methyl/N-ethyl adjacent to an activating group) is 1. The first-order valence-corrected chi connectivity index (χ1v) is 16.2. The minimum absolute atomic E-state index is 0.0981. The topological polar surface area (TPSA) is 153 Å². The Morgan fingerprint density at radius 1 is 0.978 bits per heavy atom. The standard InChI is InChI=1S/C33H53NO12/c1-13-23-33(9)28(45-31(39)46-33)18(4)24(36)16(2)15-32(8,40-12)27(19(5)25(37)20(6)29(38)43-23)44-30-26(42-21(7)35)22(34(10)11)14-17(3)41-30/h16-20,22-23,26-28,30H,13-15H2,1-12H3/t16-,17-,18+,19+,20-,22+,23-,26-,27-,28-,30+,32-,33-/m1/s1. The van der Waals surface area contributed by atoms with Crippen molar-refractivity contribution in [3.8, 4) is 0 Å². The summed E-state index contributed by atoms with van der Waals surface area (Å²) in [5.41, 5.74) is -2.75. The molecule has 0 radical (unpaired) electrons. The predicted octanol–water partition coefficient (Wildman–Crippen LogP) is 3.48. The van der Waals surface area contributed by atoms with E-state index in [0.717, 1.165) is 0 Å². The highest BCUT2D eigenvalue weighted by molar-refractivity contribution is 6.00. The SMILES string of the molecule is CC[C@H]1OC(=O)[C@H](C)C(=O)[C@H](C)[C@@H](O[C@@H]2O[C@H](C)C[C@H](N(C)C)[C@H]2OC(C)=O)[C@](C)(OC)C[C@@H](C)C(=O)[C@H](C)[C@H]2OC(=O)O[C@@]21C. The van der Waals surface area contributed by atoms with Crippen LogP contribution in [0.5, 0.6) is 0 Å². The molecule has 13 nitrogen and oxygen atoms in total. The Morgan fingerprint density at radius 3 is 2.15 bits per heavy atom. The fourth-order valence-electron chi connectivity index (χ4n) is 7.35. The van der Waals surface area contributed by atoms with E-state index in [1.165, 1.54) is 21.0 Å². The number of nitrogens with zero attached hydrogens (tertiary/aromatic N) is 1. The van der Waals surface area contributed by atoms with Crippen LogP contribution in [0.3, 0.4) is 0 Å². The second-order valence-corrected chi connectivity index (χ2v) is 13.8. The van der Waals surface area contributed by atoms with Crippen LogP contribution in [-0.2, 0) is 52.3 Å². The summed E-state index contributed by atoms with van der Waals surface area (Å²) < 4.78 is 41.6. The molecule has 0 spiro atoms. The molecule has 3 aliphatic heterocycles. The number of hydrogen-bond acceptors (Lipinski definition) is 13. The third-order valence-corrected chi connectivity index (χ3v) is 10.0. The molecule has 0 aliphatic carbocycles. The highest BCUT2D eigenvalue weighted by atomic mass is 16.8. The van der Waals surface area contributed by atoms with Crippen LogP contribution in [0, 0.1) is 23.7 Å². The first-order chi connectivity index (χ1) is 21.3. The normalized spacial score (nSPS) is 42.8. The van der Waals surface area contributed by atoms with Crippen LogP contribution in [0.15, 0.2) is 0 Å². The predicted molar refractivity (Wildman–Crippen MR) is 163 cm³/mol. The monoisotopic (exact) mass is 655 g/mol. The van der Waals surface area contributed by atoms with Gasteiger partial charge in [0.25, 0.3) is 0 Å². The molecule has 0 amide bonds. The number of ether oxygens (including phenoxy) is 7. The number of methoxy groups -OCH3 is 1. The maximum absolute atomic E-state index is 14.1. The molecule has 0 aromatic carbocycles. The van der Waals surface area contributed by atoms with Gasteiger partial charge < -0.3 is 38.1 Å². The van der Waals surface area contributed by atoms with Crippen molar-refractivity contribution in [2.24, 2.45) is 23.7 Å². The molecule has 13 atom stereocenters. The molecule has 0 N–H and O–H groups in total. The summed E-state index contributed by atoms with van der Waals surface area (Å²) in [4.78, 5) is 68.2. The third-order valence-electron chi connectivity index (χ3n) is 10.0. The van der Waals surface area contributed by atoms with E-state index >= 15 is 0 Å². The van der Waals surface area contributed by atoms with E-state index in [1.807, 2.05) is 25.9 Å². The summed E-state index contributed by atoms with van der Waals surface area (Å²) in [7, 11) is 5.19. The van der Waals surface area contributed by atoms with Gasteiger partial charge in [-0.05, 0) is 61.1 Å². The minimum atomic E-state index is -1.46. The number of hydrogen-bond donors (Lipinski definition) is 0. The van der Waals surface area contributed by atoms with Gasteiger partial charge in [-0.3, -0.25) is 19.2 Å². The Hall–Kier alpha value is -2.61. The van der Waals surface area contributed by atoms with Crippen molar-refractivity contribution >= 4 is 29.7 Å². The van der Waals surface area contributed by atoms with E-state index in [9.17, 15) is 24.0 Å². The van der Waals surface area contributed by atoms with Gasteiger partial charge in [-0.15, -0.1) is 0 Å². The fraction of sp³-hybridized carbons (Fsp3) is 0.848. The second kappa shape index (κ2) is 14.7. The fourth-order valence-corrected chi connectivity index (χ4v) is 7.35. The van der Waals surface area contributed by atoms with Crippen molar-refractivity contribution in [2.75, 3.05) is 21.2 Å². The van der Waals surface area contributed by atoms with E-state index in [1.54, 1.807) is 41.5 Å². The zero-order valence-electron chi connectivity index (χ0n) is 29.3. The third kappa shape index (κ3) is 7.58. The van der Waals surface area contributed by atoms with E-state index in [-0.39, 0.29) is 30.8 Å². The highest BCUT2D eigenvalue weighted by Gasteiger charge is 2.59. The lowest BCUT2D eigenvalue weighted by Crippen LogP contribution is -2.60. The zero-order chi connectivity index (χ0) is 34.9. The van der Waals surface area contributed by atoms with Crippen molar-refractivity contribution in [3.05, 3.63) is 0 Å². The molecule has 46 heavy (non-hydrogen) atoms. The Balaban J connectivity index is 2.13. The Labute approximate surface area is 272 Å². The summed E-state index contributed by atoms with van der Waals surface area (Å²) >= 11 is 0. The van der Waals surface area contributed by atoms with Crippen LogP contribution < -0.4 is 0 Å². The van der Waals surface area contributed by atoms with E-state index in [0.29, 0.717) is 6.42 Å². The van der Waals surface area contributed by atoms with E-state index < -0.39 is 89.5 Å². The molecule has 262 valence electrons. The summed E-state index contributed by atoms with van der Waals surface area (Å²) in [5, 5.41) is 0. The summed E-state index contributed by atoms with van der Waals surface area (Å²) in [6.07, 6.45) is -5.40. The van der Waals surface area contributed by atoms with E-state index in [2.05, 4.69) is 0 Å². The molecule has 0 saturated carbocycles. The van der Waals surface area contributed by atoms with Gasteiger partial charge in [-0.2, -0.15) is 0 Å². The quantitative estimate of drug-likeness (QED) is 0.233. The Morgan fingerprint density at radius 2 is 1.61 bits per heavy atom. The van der Waals surface area contributed by atoms with Gasteiger partial charge in [0, 0.05) is 25.9 Å². The molecule has 3 rings (SSSR count). The largest absolute Gasteiger partial charge is 0.509 e. The number of ketones is 2. The van der Waals surface area contributed by atoms with Crippen LogP contribution in [0.25, 0.3) is 0 Å². The van der Waals surface area contributed by atoms with Gasteiger partial charge in [-0.1, -0.05) is 27.7 Å². The van der Waals surface area contributed by atoms with Crippen LogP contribution in [0.4, 0.5) is 4.79 Å². The molecule has 0 unspecified atom stereocenters. The van der Waals surface area contributed by atoms with Crippen molar-refractivity contribution in [1.82, 2.24) is 4.90 Å². The maximum Gasteiger partial charge on any atom is 0.509 e. The molecular formula is C33H53NO12. The average molecular weight is 656 g/mol. The molecule has 3 aliphatic rings. The lowest BCUT2D eigenvalue weighted by atomic mass is 9.74. The Bertz CT molecular complexity index is 1160. The van der Waals surface area contributed by atoms with Gasteiger partial charge in [0.15, 0.2) is 29.9 Å². The van der Waals surface area contributed by atoms with Crippen molar-refractivity contribution < 1.29 is 57.1 Å². The van der Waals surface area contributed by atoms with Gasteiger partial charge in [0.1, 0.15) is 17.8 Å². The maximum atomic E-state index is 14.1. The van der Waals surface area contributed by atoms with Crippen LogP contribution in [0.1, 0.15) is 81.6 Å². The average Bonchev–Trinajstić information content (AvgIpc) is 3.30. The molecule has 0 aromatic heterocycles. The van der Waals surface area contributed by atoms with Gasteiger partial charge in [-0.25, -0.2) is 4.79 Å².